The van der Waals surface area contributed by atoms with Gasteiger partial charge in [0.25, 0.3) is 11.8 Å². The molecule has 1 aliphatic heterocycles. The highest BCUT2D eigenvalue weighted by atomic mass is 16.5. The first-order valence-corrected chi connectivity index (χ1v) is 8.70. The zero-order valence-corrected chi connectivity index (χ0v) is 15.2. The van der Waals surface area contributed by atoms with E-state index in [2.05, 4.69) is 24.1 Å². The van der Waals surface area contributed by atoms with Crippen LogP contribution < -0.4 is 15.0 Å². The highest BCUT2D eigenvalue weighted by molar-refractivity contribution is 5.97. The Morgan fingerprint density at radius 2 is 2.19 bits per heavy atom. The molecule has 1 N–H and O–H groups in total. The maximum absolute atomic E-state index is 12.3. The monoisotopic (exact) mass is 357 g/mol. The number of nitrogens with zero attached hydrogens (tertiary/aromatic N) is 2. The summed E-state index contributed by atoms with van der Waals surface area (Å²) < 4.78 is 10.9. The first kappa shape index (κ1) is 18.0. The molecule has 7 nitrogen and oxygen atoms in total. The normalized spacial score (nSPS) is 13.5. The van der Waals surface area contributed by atoms with Crippen LogP contribution in [0.5, 0.6) is 5.75 Å². The lowest BCUT2D eigenvalue weighted by Gasteiger charge is -2.28. The molecular formula is C19H23N3O4. The van der Waals surface area contributed by atoms with Gasteiger partial charge < -0.3 is 14.5 Å². The molecule has 7 heteroatoms. The third-order valence-corrected chi connectivity index (χ3v) is 4.14. The number of ether oxygens (including phenoxy) is 1. The van der Waals surface area contributed by atoms with Crippen LogP contribution in [0.15, 0.2) is 28.9 Å². The van der Waals surface area contributed by atoms with E-state index in [9.17, 15) is 9.59 Å². The first-order valence-electron chi connectivity index (χ1n) is 8.70. The molecular weight excluding hydrogens is 334 g/mol. The van der Waals surface area contributed by atoms with Crippen LogP contribution in [-0.4, -0.2) is 29.9 Å². The molecule has 0 saturated heterocycles. The molecule has 1 aliphatic rings. The number of rotatable bonds is 6. The van der Waals surface area contributed by atoms with E-state index in [4.69, 9.17) is 9.15 Å². The molecule has 0 saturated carbocycles. The minimum Gasteiger partial charge on any atom is -0.482 e. The lowest BCUT2D eigenvalue weighted by atomic mass is 10.1. The van der Waals surface area contributed by atoms with Crippen molar-refractivity contribution in [3.8, 4) is 5.75 Å². The van der Waals surface area contributed by atoms with E-state index >= 15 is 0 Å². The topological polar surface area (TPSA) is 84.7 Å². The fraction of sp³-hybridized carbons (Fsp3) is 0.421. The van der Waals surface area contributed by atoms with Crippen molar-refractivity contribution in [3.63, 3.8) is 0 Å². The Morgan fingerprint density at radius 3 is 2.96 bits per heavy atom. The lowest BCUT2D eigenvalue weighted by Crippen LogP contribution is -2.38. The summed E-state index contributed by atoms with van der Waals surface area (Å²) in [5.41, 5.74) is 1.92. The molecule has 2 heterocycles. The number of oxazole rings is 1. The van der Waals surface area contributed by atoms with Crippen LogP contribution >= 0.6 is 0 Å². The number of hydrogen-bond donors (Lipinski definition) is 1. The Morgan fingerprint density at radius 1 is 1.38 bits per heavy atom. The van der Waals surface area contributed by atoms with E-state index in [0.717, 1.165) is 12.0 Å². The molecule has 0 bridgehead atoms. The highest BCUT2D eigenvalue weighted by Gasteiger charge is 2.27. The average molecular weight is 357 g/mol. The highest BCUT2D eigenvalue weighted by Crippen LogP contribution is 2.33. The second-order valence-electron chi connectivity index (χ2n) is 6.80. The SMILES string of the molecule is Cc1ccc2c(c1)N(Cc1nc(C(=O)NCCC(C)C)co1)C(=O)CO2. The minimum absolute atomic E-state index is 0.0285. The van der Waals surface area contributed by atoms with Gasteiger partial charge in [-0.25, -0.2) is 4.98 Å². The summed E-state index contributed by atoms with van der Waals surface area (Å²) in [5.74, 6) is 1.02. The largest absolute Gasteiger partial charge is 0.482 e. The molecule has 1 aromatic heterocycles. The molecule has 0 radical (unpaired) electrons. The van der Waals surface area contributed by atoms with Gasteiger partial charge in [-0.2, -0.15) is 0 Å². The van der Waals surface area contributed by atoms with E-state index in [-0.39, 0.29) is 30.7 Å². The molecule has 3 rings (SSSR count). The van der Waals surface area contributed by atoms with Crippen molar-refractivity contribution >= 4 is 17.5 Å². The third-order valence-electron chi connectivity index (χ3n) is 4.14. The zero-order chi connectivity index (χ0) is 18.7. The number of aryl methyl sites for hydroxylation is 1. The fourth-order valence-corrected chi connectivity index (χ4v) is 2.67. The van der Waals surface area contributed by atoms with Crippen molar-refractivity contribution in [2.24, 2.45) is 5.92 Å². The van der Waals surface area contributed by atoms with E-state index in [1.54, 1.807) is 4.90 Å². The van der Waals surface area contributed by atoms with Crippen LogP contribution in [0.1, 0.15) is 42.2 Å². The first-order chi connectivity index (χ1) is 12.4. The van der Waals surface area contributed by atoms with Gasteiger partial charge in [0.15, 0.2) is 12.3 Å². The summed E-state index contributed by atoms with van der Waals surface area (Å²) >= 11 is 0. The Kier molecular flexibility index (Phi) is 5.25. The summed E-state index contributed by atoms with van der Waals surface area (Å²) in [6.45, 7) is 6.85. The molecule has 0 atom stereocenters. The second-order valence-corrected chi connectivity index (χ2v) is 6.80. The molecule has 0 fully saturated rings. The average Bonchev–Trinajstić information content (AvgIpc) is 3.06. The Bertz CT molecular complexity index is 813. The van der Waals surface area contributed by atoms with Gasteiger partial charge in [-0.15, -0.1) is 0 Å². The smallest absolute Gasteiger partial charge is 0.273 e. The predicted molar refractivity (Wildman–Crippen MR) is 96.2 cm³/mol. The summed E-state index contributed by atoms with van der Waals surface area (Å²) in [5, 5.41) is 2.82. The summed E-state index contributed by atoms with van der Waals surface area (Å²) in [6.07, 6.45) is 2.22. The van der Waals surface area contributed by atoms with Crippen LogP contribution in [-0.2, 0) is 11.3 Å². The summed E-state index contributed by atoms with van der Waals surface area (Å²) in [7, 11) is 0. The van der Waals surface area contributed by atoms with Gasteiger partial charge in [0.05, 0.1) is 5.69 Å². The number of carbonyl (C=O) groups excluding carboxylic acids is 2. The zero-order valence-electron chi connectivity index (χ0n) is 15.2. The van der Waals surface area contributed by atoms with Crippen LogP contribution in [0, 0.1) is 12.8 Å². The van der Waals surface area contributed by atoms with Crippen LogP contribution in [0.25, 0.3) is 0 Å². The maximum atomic E-state index is 12.3. The van der Waals surface area contributed by atoms with Gasteiger partial charge in [0, 0.05) is 6.54 Å². The lowest BCUT2D eigenvalue weighted by molar-refractivity contribution is -0.121. The standard InChI is InChI=1S/C19H23N3O4/c1-12(2)6-7-20-19(24)14-10-26-17(21-14)9-22-15-8-13(3)4-5-16(15)25-11-18(22)23/h4-5,8,10,12H,6-7,9,11H2,1-3H3,(H,20,24). The van der Waals surface area contributed by atoms with Crippen molar-refractivity contribution in [2.75, 3.05) is 18.1 Å². The molecule has 1 aromatic carbocycles. The molecule has 2 amide bonds. The van der Waals surface area contributed by atoms with Crippen LogP contribution in [0.2, 0.25) is 0 Å². The number of aromatic nitrogens is 1. The molecule has 0 aliphatic carbocycles. The fourth-order valence-electron chi connectivity index (χ4n) is 2.67. The molecule has 0 unspecified atom stereocenters. The van der Waals surface area contributed by atoms with Crippen molar-refractivity contribution < 1.29 is 18.7 Å². The van der Waals surface area contributed by atoms with Crippen molar-refractivity contribution in [1.82, 2.24) is 10.3 Å². The van der Waals surface area contributed by atoms with Crippen LogP contribution in [0.4, 0.5) is 5.69 Å². The molecule has 26 heavy (non-hydrogen) atoms. The quantitative estimate of drug-likeness (QED) is 0.859. The van der Waals surface area contributed by atoms with Gasteiger partial charge in [-0.3, -0.25) is 14.5 Å². The number of fused-ring (bicyclic) bond motifs is 1. The Labute approximate surface area is 152 Å². The number of hydrogen-bond acceptors (Lipinski definition) is 5. The van der Waals surface area contributed by atoms with Gasteiger partial charge in [0.2, 0.25) is 5.89 Å². The third kappa shape index (κ3) is 4.04. The Balaban J connectivity index is 1.70. The van der Waals surface area contributed by atoms with Gasteiger partial charge in [-0.05, 0) is 37.0 Å². The summed E-state index contributed by atoms with van der Waals surface area (Å²) in [6, 6.07) is 5.65. The number of amides is 2. The van der Waals surface area contributed by atoms with E-state index < -0.39 is 0 Å². The Hall–Kier alpha value is -2.83. The maximum Gasteiger partial charge on any atom is 0.273 e. The van der Waals surface area contributed by atoms with Gasteiger partial charge >= 0.3 is 0 Å². The predicted octanol–water partition coefficient (Wildman–Crippen LogP) is 2.68. The minimum atomic E-state index is -0.273. The summed E-state index contributed by atoms with van der Waals surface area (Å²) in [4.78, 5) is 30.2. The number of carbonyl (C=O) groups is 2. The van der Waals surface area contributed by atoms with Crippen molar-refractivity contribution in [3.05, 3.63) is 41.6 Å². The van der Waals surface area contributed by atoms with Crippen LogP contribution in [0.3, 0.4) is 0 Å². The van der Waals surface area contributed by atoms with Crippen molar-refractivity contribution in [2.45, 2.75) is 33.7 Å². The van der Waals surface area contributed by atoms with Gasteiger partial charge in [-0.1, -0.05) is 19.9 Å². The number of nitrogens with one attached hydrogen (secondary N) is 1. The van der Waals surface area contributed by atoms with E-state index in [0.29, 0.717) is 29.8 Å². The van der Waals surface area contributed by atoms with Crippen molar-refractivity contribution in [1.29, 1.82) is 0 Å². The molecule has 0 spiro atoms. The number of benzene rings is 1. The number of anilines is 1. The van der Waals surface area contributed by atoms with Gasteiger partial charge in [0.1, 0.15) is 18.6 Å². The molecule has 2 aromatic rings. The van der Waals surface area contributed by atoms with E-state index in [1.165, 1.54) is 6.26 Å². The molecule has 138 valence electrons. The second kappa shape index (κ2) is 7.59. The van der Waals surface area contributed by atoms with E-state index in [1.807, 2.05) is 25.1 Å².